The second kappa shape index (κ2) is 8.15. The molecule has 2 saturated carbocycles. The Kier molecular flexibility index (Phi) is 5.02. The van der Waals surface area contributed by atoms with Crippen LogP contribution in [0.1, 0.15) is 48.4 Å². The molecule has 2 aromatic carbocycles. The van der Waals surface area contributed by atoms with Crippen LogP contribution in [0.2, 0.25) is 0 Å². The fourth-order valence-electron chi connectivity index (χ4n) is 6.17. The Morgan fingerprint density at radius 2 is 1.69 bits per heavy atom. The minimum Gasteiger partial charge on any atom is -0.507 e. The van der Waals surface area contributed by atoms with Crippen molar-refractivity contribution >= 4 is 17.7 Å². The monoisotopic (exact) mass is 487 g/mol. The molecule has 1 unspecified atom stereocenters. The topological polar surface area (TPSA) is 67.2 Å². The molecule has 1 amide bonds. The molecular formula is C28H29N3O3S. The first-order valence-electron chi connectivity index (χ1n) is 12.6. The summed E-state index contributed by atoms with van der Waals surface area (Å²) in [6.45, 7) is 0.441. The zero-order valence-electron chi connectivity index (χ0n) is 19.5. The molecule has 6 nitrogen and oxygen atoms in total. The van der Waals surface area contributed by atoms with Gasteiger partial charge in [-0.25, -0.2) is 0 Å². The zero-order chi connectivity index (χ0) is 23.7. The van der Waals surface area contributed by atoms with Crippen LogP contribution in [0.25, 0.3) is 0 Å². The third-order valence-electron chi connectivity index (χ3n) is 8.32. The minimum absolute atomic E-state index is 0.130. The Bertz CT molecular complexity index is 1200. The summed E-state index contributed by atoms with van der Waals surface area (Å²) < 4.78 is 0. The highest BCUT2D eigenvalue weighted by atomic mass is 32.2. The van der Waals surface area contributed by atoms with Crippen molar-refractivity contribution in [2.45, 2.75) is 54.5 Å². The van der Waals surface area contributed by atoms with E-state index in [-0.39, 0.29) is 29.4 Å². The predicted octanol–water partition coefficient (Wildman–Crippen LogP) is 4.55. The highest BCUT2D eigenvalue weighted by Gasteiger charge is 2.50. The maximum atomic E-state index is 13.7. The number of carbonyl (C=O) groups excluding carboxylic acids is 1. The van der Waals surface area contributed by atoms with Gasteiger partial charge in [-0.1, -0.05) is 42.5 Å². The Morgan fingerprint density at radius 3 is 2.49 bits per heavy atom. The number of rotatable bonds is 3. The van der Waals surface area contributed by atoms with Gasteiger partial charge in [-0.2, -0.15) is 5.01 Å². The molecular weight excluding hydrogens is 458 g/mol. The van der Waals surface area contributed by atoms with Crippen molar-refractivity contribution in [3.8, 4) is 0 Å². The van der Waals surface area contributed by atoms with E-state index in [0.717, 1.165) is 30.4 Å². The van der Waals surface area contributed by atoms with E-state index in [9.17, 15) is 15.0 Å². The number of thioether (sulfide) groups is 1. The molecule has 2 N–H and O–H groups in total. The molecule has 35 heavy (non-hydrogen) atoms. The van der Waals surface area contributed by atoms with Crippen molar-refractivity contribution < 1.29 is 15.0 Å². The molecule has 2 aromatic rings. The van der Waals surface area contributed by atoms with Gasteiger partial charge in [0, 0.05) is 22.9 Å². The number of nitrogens with zero attached hydrogens (tertiary/aromatic N) is 3. The largest absolute Gasteiger partial charge is 0.507 e. The third kappa shape index (κ3) is 3.44. The van der Waals surface area contributed by atoms with Crippen LogP contribution >= 0.6 is 11.8 Å². The maximum Gasteiger partial charge on any atom is 0.276 e. The molecule has 0 spiro atoms. The van der Waals surface area contributed by atoms with Crippen LogP contribution in [0.15, 0.2) is 77.2 Å². The molecule has 0 bridgehead atoms. The number of hydrazine groups is 1. The first-order chi connectivity index (χ1) is 17.1. The second-order valence-electron chi connectivity index (χ2n) is 10.4. The minimum atomic E-state index is -1.17. The molecule has 7 heteroatoms. The first-order valence-corrected chi connectivity index (χ1v) is 13.5. The standard InChI is InChI=1S/C28H29N3O3S/c32-23-11-12-30-26(27(23)33)28(34)29(20-13-19(14-20)17-9-10-17)16-31(30)25-21-6-2-1-5-18(21)15-35-24-8-4-3-7-22(24)25/h1-8,11-12,17,19-20,23,25,32-33H,9-10,13-16H2/t19?,20?,23?,25-/m0/s1. The number of hydrogen-bond donors (Lipinski definition) is 2. The van der Waals surface area contributed by atoms with Crippen molar-refractivity contribution in [3.05, 3.63) is 89.0 Å². The fraction of sp³-hybridized carbons (Fsp3) is 0.393. The summed E-state index contributed by atoms with van der Waals surface area (Å²) in [4.78, 5) is 16.9. The molecule has 5 aliphatic rings. The summed E-state index contributed by atoms with van der Waals surface area (Å²) in [5.41, 5.74) is 3.85. The van der Waals surface area contributed by atoms with E-state index in [1.807, 2.05) is 16.7 Å². The number of aliphatic hydroxyl groups is 2. The molecule has 3 fully saturated rings. The average Bonchev–Trinajstić information content (AvgIpc) is 3.68. The van der Waals surface area contributed by atoms with Gasteiger partial charge in [0.25, 0.3) is 5.91 Å². The van der Waals surface area contributed by atoms with Gasteiger partial charge in [-0.05, 0) is 66.4 Å². The van der Waals surface area contributed by atoms with Crippen molar-refractivity contribution in [3.63, 3.8) is 0 Å². The number of carbonyl (C=O) groups is 1. The molecule has 2 aliphatic carbocycles. The van der Waals surface area contributed by atoms with Crippen LogP contribution in [0.4, 0.5) is 0 Å². The molecule has 3 aliphatic heterocycles. The van der Waals surface area contributed by atoms with Gasteiger partial charge in [-0.15, -0.1) is 11.8 Å². The quantitative estimate of drug-likeness (QED) is 0.662. The van der Waals surface area contributed by atoms with Crippen molar-refractivity contribution in [2.24, 2.45) is 11.8 Å². The summed E-state index contributed by atoms with van der Waals surface area (Å²) in [6, 6.07) is 17.1. The average molecular weight is 488 g/mol. The van der Waals surface area contributed by atoms with Crippen LogP contribution in [0.3, 0.4) is 0 Å². The van der Waals surface area contributed by atoms with E-state index in [1.165, 1.54) is 34.4 Å². The van der Waals surface area contributed by atoms with Crippen molar-refractivity contribution in [1.82, 2.24) is 14.9 Å². The Balaban J connectivity index is 1.34. The van der Waals surface area contributed by atoms with Gasteiger partial charge < -0.3 is 15.1 Å². The smallest absolute Gasteiger partial charge is 0.276 e. The number of hydrogen-bond acceptors (Lipinski definition) is 6. The molecule has 1 saturated heterocycles. The predicted molar refractivity (Wildman–Crippen MR) is 134 cm³/mol. The van der Waals surface area contributed by atoms with Crippen LogP contribution in [0.5, 0.6) is 0 Å². The molecule has 3 heterocycles. The lowest BCUT2D eigenvalue weighted by Crippen LogP contribution is -2.62. The number of fused-ring (bicyclic) bond motifs is 3. The van der Waals surface area contributed by atoms with Crippen LogP contribution < -0.4 is 0 Å². The van der Waals surface area contributed by atoms with Crippen molar-refractivity contribution in [1.29, 1.82) is 0 Å². The molecule has 0 radical (unpaired) electrons. The third-order valence-corrected chi connectivity index (χ3v) is 9.46. The lowest BCUT2D eigenvalue weighted by molar-refractivity contribution is -0.159. The van der Waals surface area contributed by atoms with Gasteiger partial charge in [0.15, 0.2) is 11.5 Å². The number of benzene rings is 2. The zero-order valence-corrected chi connectivity index (χ0v) is 20.3. The Morgan fingerprint density at radius 1 is 0.943 bits per heavy atom. The normalized spacial score (nSPS) is 30.4. The van der Waals surface area contributed by atoms with Crippen LogP contribution in [-0.2, 0) is 10.5 Å². The Hall–Kier alpha value is -2.74. The van der Waals surface area contributed by atoms with E-state index in [4.69, 9.17) is 0 Å². The molecule has 180 valence electrons. The van der Waals surface area contributed by atoms with E-state index in [0.29, 0.717) is 6.67 Å². The van der Waals surface area contributed by atoms with Crippen LogP contribution in [0, 0.1) is 11.8 Å². The summed E-state index contributed by atoms with van der Waals surface area (Å²) >= 11 is 1.84. The highest BCUT2D eigenvalue weighted by molar-refractivity contribution is 7.98. The van der Waals surface area contributed by atoms with Crippen LogP contribution in [-0.4, -0.2) is 49.9 Å². The van der Waals surface area contributed by atoms with E-state index < -0.39 is 6.10 Å². The Labute approximate surface area is 209 Å². The second-order valence-corrected chi connectivity index (χ2v) is 11.4. The van der Waals surface area contributed by atoms with Gasteiger partial charge in [0.2, 0.25) is 0 Å². The summed E-state index contributed by atoms with van der Waals surface area (Å²) in [6.07, 6.45) is 6.82. The lowest BCUT2D eigenvalue weighted by Gasteiger charge is -2.53. The highest BCUT2D eigenvalue weighted by Crippen LogP contribution is 2.50. The van der Waals surface area contributed by atoms with Gasteiger partial charge >= 0.3 is 0 Å². The summed E-state index contributed by atoms with van der Waals surface area (Å²) in [5.74, 6) is 1.98. The summed E-state index contributed by atoms with van der Waals surface area (Å²) in [7, 11) is 0. The SMILES string of the molecule is O=C1C2=C(O)C(O)C=CN2N([C@H]2c3ccccc3CSc3ccccc32)CN1C1CC(C2CC2)C1. The van der Waals surface area contributed by atoms with E-state index in [2.05, 4.69) is 53.5 Å². The number of amides is 1. The fourth-order valence-corrected chi connectivity index (χ4v) is 7.27. The van der Waals surface area contributed by atoms with E-state index in [1.54, 1.807) is 17.3 Å². The van der Waals surface area contributed by atoms with Gasteiger partial charge in [0.05, 0.1) is 12.7 Å². The molecule has 0 aromatic heterocycles. The van der Waals surface area contributed by atoms with Gasteiger partial charge in [-0.3, -0.25) is 9.80 Å². The first kappa shape index (κ1) is 21.5. The summed E-state index contributed by atoms with van der Waals surface area (Å²) in [5, 5.41) is 25.3. The van der Waals surface area contributed by atoms with Crippen molar-refractivity contribution in [2.75, 3.05) is 6.67 Å². The molecule has 2 atom stereocenters. The maximum absolute atomic E-state index is 13.7. The molecule has 7 rings (SSSR count). The lowest BCUT2D eigenvalue weighted by atomic mass is 9.76. The van der Waals surface area contributed by atoms with E-state index >= 15 is 0 Å². The van der Waals surface area contributed by atoms with Gasteiger partial charge in [0.1, 0.15) is 6.10 Å². The number of aliphatic hydroxyl groups excluding tert-OH is 2.